The molecular formula is C11H18N4O. The highest BCUT2D eigenvalue weighted by Crippen LogP contribution is 2.44. The molecule has 1 saturated carbocycles. The minimum atomic E-state index is -0.0936. The monoisotopic (exact) mass is 222 g/mol. The first-order valence-electron chi connectivity index (χ1n) is 5.63. The Morgan fingerprint density at radius 2 is 2.44 bits per heavy atom. The van der Waals surface area contributed by atoms with E-state index in [0.29, 0.717) is 24.2 Å². The molecule has 5 heteroatoms. The van der Waals surface area contributed by atoms with Crippen molar-refractivity contribution in [3.05, 3.63) is 18.2 Å². The van der Waals surface area contributed by atoms with Crippen molar-refractivity contribution >= 4 is 5.91 Å². The molecule has 0 aliphatic heterocycles. The van der Waals surface area contributed by atoms with Gasteiger partial charge in [0.15, 0.2) is 0 Å². The van der Waals surface area contributed by atoms with Crippen LogP contribution in [0.25, 0.3) is 0 Å². The smallest absolute Gasteiger partial charge is 0.271 e. The average molecular weight is 222 g/mol. The molecule has 3 N–H and O–H groups in total. The first kappa shape index (κ1) is 11.1. The molecule has 1 aliphatic carbocycles. The van der Waals surface area contributed by atoms with E-state index in [1.54, 1.807) is 12.5 Å². The number of hydrogen-bond donors (Lipinski definition) is 2. The van der Waals surface area contributed by atoms with Gasteiger partial charge in [0.25, 0.3) is 5.91 Å². The maximum Gasteiger partial charge on any atom is 0.271 e. The van der Waals surface area contributed by atoms with Crippen LogP contribution in [0.1, 0.15) is 30.3 Å². The lowest BCUT2D eigenvalue weighted by Gasteiger charge is -2.08. The van der Waals surface area contributed by atoms with E-state index in [1.807, 2.05) is 4.57 Å². The van der Waals surface area contributed by atoms with Crippen LogP contribution in [-0.4, -0.2) is 28.5 Å². The summed E-state index contributed by atoms with van der Waals surface area (Å²) in [6.45, 7) is 4.17. The molecule has 0 saturated heterocycles. The van der Waals surface area contributed by atoms with Crippen LogP contribution in [0.3, 0.4) is 0 Å². The van der Waals surface area contributed by atoms with Gasteiger partial charge in [-0.3, -0.25) is 4.79 Å². The lowest BCUT2D eigenvalue weighted by Crippen LogP contribution is -2.29. The number of amides is 1. The van der Waals surface area contributed by atoms with Gasteiger partial charge in [0.1, 0.15) is 5.69 Å². The lowest BCUT2D eigenvalue weighted by molar-refractivity contribution is 0.0941. The summed E-state index contributed by atoms with van der Waals surface area (Å²) < 4.78 is 1.83. The van der Waals surface area contributed by atoms with Crippen molar-refractivity contribution in [3.8, 4) is 0 Å². The number of nitrogens with two attached hydrogens (primary N) is 1. The number of imidazole rings is 1. The van der Waals surface area contributed by atoms with Gasteiger partial charge in [-0.2, -0.15) is 0 Å². The molecule has 1 fully saturated rings. The Hall–Kier alpha value is -1.36. The third kappa shape index (κ3) is 2.61. The fourth-order valence-corrected chi connectivity index (χ4v) is 1.52. The number of carbonyl (C=O) groups is 1. The number of carbonyl (C=O) groups excluding carboxylic acids is 1. The quantitative estimate of drug-likeness (QED) is 0.756. The van der Waals surface area contributed by atoms with Gasteiger partial charge in [0.05, 0.1) is 6.33 Å². The predicted octanol–water partition coefficient (Wildman–Crippen LogP) is 0.372. The zero-order chi connectivity index (χ0) is 11.6. The predicted molar refractivity (Wildman–Crippen MR) is 61.0 cm³/mol. The second-order valence-corrected chi connectivity index (χ2v) is 4.78. The van der Waals surface area contributed by atoms with Gasteiger partial charge < -0.3 is 15.6 Å². The molecule has 1 aliphatic rings. The van der Waals surface area contributed by atoms with Crippen molar-refractivity contribution in [2.45, 2.75) is 26.3 Å². The van der Waals surface area contributed by atoms with Crippen LogP contribution in [0.5, 0.6) is 0 Å². The molecule has 0 atom stereocenters. The highest BCUT2D eigenvalue weighted by Gasteiger charge is 2.37. The summed E-state index contributed by atoms with van der Waals surface area (Å²) in [6.07, 6.45) is 5.78. The van der Waals surface area contributed by atoms with Gasteiger partial charge in [-0.15, -0.1) is 0 Å². The van der Waals surface area contributed by atoms with Crippen LogP contribution in [0.2, 0.25) is 0 Å². The Morgan fingerprint density at radius 3 is 3.06 bits per heavy atom. The molecule has 5 nitrogen and oxygen atoms in total. The van der Waals surface area contributed by atoms with E-state index >= 15 is 0 Å². The molecule has 1 aromatic rings. The number of nitrogens with zero attached hydrogens (tertiary/aromatic N) is 2. The molecule has 88 valence electrons. The summed E-state index contributed by atoms with van der Waals surface area (Å²) in [4.78, 5) is 15.8. The Labute approximate surface area is 95.0 Å². The fraction of sp³-hybridized carbons (Fsp3) is 0.636. The molecule has 0 spiro atoms. The van der Waals surface area contributed by atoms with E-state index in [-0.39, 0.29) is 5.91 Å². The second-order valence-electron chi connectivity index (χ2n) is 4.78. The standard InChI is InChI=1S/C11H18N4O/c1-11(2-3-11)7-13-10(16)9-6-15(5-4-12)8-14-9/h6,8H,2-5,7,12H2,1H3,(H,13,16). The minimum Gasteiger partial charge on any atom is -0.350 e. The largest absolute Gasteiger partial charge is 0.350 e. The van der Waals surface area contributed by atoms with Gasteiger partial charge in [-0.05, 0) is 18.3 Å². The van der Waals surface area contributed by atoms with Crippen LogP contribution >= 0.6 is 0 Å². The first-order valence-corrected chi connectivity index (χ1v) is 5.63. The van der Waals surface area contributed by atoms with Crippen LogP contribution in [-0.2, 0) is 6.54 Å². The highest BCUT2D eigenvalue weighted by molar-refractivity contribution is 5.92. The van der Waals surface area contributed by atoms with Crippen LogP contribution in [0, 0.1) is 5.41 Å². The van der Waals surface area contributed by atoms with E-state index < -0.39 is 0 Å². The van der Waals surface area contributed by atoms with Crippen LogP contribution in [0.4, 0.5) is 0 Å². The molecule has 0 bridgehead atoms. The maximum absolute atomic E-state index is 11.7. The van der Waals surface area contributed by atoms with Gasteiger partial charge >= 0.3 is 0 Å². The first-order chi connectivity index (χ1) is 7.63. The molecule has 0 unspecified atom stereocenters. The van der Waals surface area contributed by atoms with E-state index in [2.05, 4.69) is 17.2 Å². The lowest BCUT2D eigenvalue weighted by atomic mass is 10.1. The molecule has 16 heavy (non-hydrogen) atoms. The van der Waals surface area contributed by atoms with Crippen molar-refractivity contribution < 1.29 is 4.79 Å². The van der Waals surface area contributed by atoms with Crippen molar-refractivity contribution in [2.75, 3.05) is 13.1 Å². The Kier molecular flexibility index (Phi) is 2.96. The number of aromatic nitrogens is 2. The van der Waals surface area contributed by atoms with Crippen molar-refractivity contribution in [1.82, 2.24) is 14.9 Å². The molecule has 0 aromatic carbocycles. The topological polar surface area (TPSA) is 72.9 Å². The zero-order valence-electron chi connectivity index (χ0n) is 9.57. The fourth-order valence-electron chi connectivity index (χ4n) is 1.52. The average Bonchev–Trinajstić information content (AvgIpc) is 2.81. The summed E-state index contributed by atoms with van der Waals surface area (Å²) in [7, 11) is 0. The SMILES string of the molecule is CC1(CNC(=O)c2cn(CCN)cn2)CC1. The summed E-state index contributed by atoms with van der Waals surface area (Å²) >= 11 is 0. The second kappa shape index (κ2) is 4.25. The van der Waals surface area contributed by atoms with Crippen molar-refractivity contribution in [2.24, 2.45) is 11.1 Å². The molecule has 1 amide bonds. The van der Waals surface area contributed by atoms with E-state index in [0.717, 1.165) is 6.54 Å². The van der Waals surface area contributed by atoms with Crippen LogP contribution < -0.4 is 11.1 Å². The van der Waals surface area contributed by atoms with Crippen molar-refractivity contribution in [3.63, 3.8) is 0 Å². The van der Waals surface area contributed by atoms with Gasteiger partial charge in [-0.25, -0.2) is 4.98 Å². The molecule has 0 radical (unpaired) electrons. The summed E-state index contributed by atoms with van der Waals surface area (Å²) in [5, 5.41) is 2.91. The Bertz CT molecular complexity index is 381. The molecule has 1 heterocycles. The van der Waals surface area contributed by atoms with E-state index in [9.17, 15) is 4.79 Å². The summed E-state index contributed by atoms with van der Waals surface area (Å²) in [6, 6.07) is 0. The van der Waals surface area contributed by atoms with Gasteiger partial charge in [0, 0.05) is 25.8 Å². The molecule has 2 rings (SSSR count). The normalized spacial score (nSPS) is 17.1. The van der Waals surface area contributed by atoms with Crippen molar-refractivity contribution in [1.29, 1.82) is 0 Å². The molecular weight excluding hydrogens is 204 g/mol. The Balaban J connectivity index is 1.87. The third-order valence-electron chi connectivity index (χ3n) is 3.03. The summed E-state index contributed by atoms with van der Waals surface area (Å²) in [5.41, 5.74) is 6.22. The van der Waals surface area contributed by atoms with Gasteiger partial charge in [-0.1, -0.05) is 6.92 Å². The number of rotatable bonds is 5. The number of hydrogen-bond acceptors (Lipinski definition) is 3. The maximum atomic E-state index is 11.7. The van der Waals surface area contributed by atoms with E-state index in [1.165, 1.54) is 12.8 Å². The highest BCUT2D eigenvalue weighted by atomic mass is 16.1. The molecule has 1 aromatic heterocycles. The zero-order valence-corrected chi connectivity index (χ0v) is 9.57. The van der Waals surface area contributed by atoms with Gasteiger partial charge in [0.2, 0.25) is 0 Å². The Morgan fingerprint density at radius 1 is 1.69 bits per heavy atom. The third-order valence-corrected chi connectivity index (χ3v) is 3.03. The van der Waals surface area contributed by atoms with Crippen LogP contribution in [0.15, 0.2) is 12.5 Å². The summed E-state index contributed by atoms with van der Waals surface area (Å²) in [5.74, 6) is -0.0936. The minimum absolute atomic E-state index is 0.0936. The van der Waals surface area contributed by atoms with E-state index in [4.69, 9.17) is 5.73 Å². The number of nitrogens with one attached hydrogen (secondary N) is 1.